The molecule has 146 valence electrons. The number of aryl methyl sites for hydroxylation is 1. The second-order valence-electron chi connectivity index (χ2n) is 6.67. The molecule has 27 heavy (non-hydrogen) atoms. The number of hydrogen-bond donors (Lipinski definition) is 2. The Bertz CT molecular complexity index is 735. The van der Waals surface area contributed by atoms with Crippen LogP contribution in [0.5, 0.6) is 0 Å². The monoisotopic (exact) mass is 382 g/mol. The maximum atomic E-state index is 7.63. The number of nitrogens with two attached hydrogens (primary N) is 1. The van der Waals surface area contributed by atoms with Gasteiger partial charge in [-0.25, -0.2) is 0 Å². The van der Waals surface area contributed by atoms with Crippen LogP contribution in [-0.2, 0) is 0 Å². The van der Waals surface area contributed by atoms with Gasteiger partial charge in [-0.15, -0.1) is 0 Å². The van der Waals surface area contributed by atoms with Gasteiger partial charge in [0.1, 0.15) is 0 Å². The fourth-order valence-corrected chi connectivity index (χ4v) is 2.30. The average Bonchev–Trinajstić information content (AvgIpc) is 2.62. The number of hydrogen-bond acceptors (Lipinski definition) is 3. The van der Waals surface area contributed by atoms with Crippen LogP contribution in [0.25, 0.3) is 0 Å². The standard InChI is InChI=1S/C19H22N2S.C5H12/c1-4-16(15(3)20)18(21)12-6-5-7-13-19(22)17-11-9-8-10-14(17)2;1-4-5(2)3/h4-13,20H,21H2,1-3H3;5H,4H2,1-3H3/b6-5+,13-7+,16-4-,18-12+,20-15?;. The zero-order chi connectivity index (χ0) is 20.8. The lowest BCUT2D eigenvalue weighted by atomic mass is 10.1. The molecule has 0 heterocycles. The van der Waals surface area contributed by atoms with Crippen LogP contribution in [-0.4, -0.2) is 10.6 Å². The molecule has 2 nitrogen and oxygen atoms in total. The summed E-state index contributed by atoms with van der Waals surface area (Å²) in [5.74, 6) is 0.884. The Balaban J connectivity index is 0.00000119. The number of allylic oxidation sites excluding steroid dienone is 7. The summed E-state index contributed by atoms with van der Waals surface area (Å²) >= 11 is 5.41. The molecular formula is C24H34N2S. The van der Waals surface area contributed by atoms with Crippen LogP contribution in [0.3, 0.4) is 0 Å². The van der Waals surface area contributed by atoms with E-state index in [0.717, 1.165) is 21.9 Å². The molecule has 0 aromatic heterocycles. The maximum absolute atomic E-state index is 7.63. The van der Waals surface area contributed by atoms with Crippen LogP contribution in [0.4, 0.5) is 0 Å². The molecule has 0 atom stereocenters. The lowest BCUT2D eigenvalue weighted by Gasteiger charge is -2.03. The Morgan fingerprint density at radius 1 is 1.19 bits per heavy atom. The van der Waals surface area contributed by atoms with E-state index in [2.05, 4.69) is 20.8 Å². The van der Waals surface area contributed by atoms with Gasteiger partial charge in [0.25, 0.3) is 0 Å². The third kappa shape index (κ3) is 10.5. The second kappa shape index (κ2) is 13.9. The molecule has 1 rings (SSSR count). The van der Waals surface area contributed by atoms with E-state index in [-0.39, 0.29) is 0 Å². The average molecular weight is 383 g/mol. The molecule has 0 aliphatic rings. The highest BCUT2D eigenvalue weighted by Gasteiger charge is 2.00. The molecule has 0 fully saturated rings. The summed E-state index contributed by atoms with van der Waals surface area (Å²) < 4.78 is 0. The van der Waals surface area contributed by atoms with Crippen molar-refractivity contribution < 1.29 is 0 Å². The highest BCUT2D eigenvalue weighted by atomic mass is 32.1. The van der Waals surface area contributed by atoms with Crippen LogP contribution < -0.4 is 5.73 Å². The van der Waals surface area contributed by atoms with Crippen molar-refractivity contribution in [3.8, 4) is 0 Å². The molecule has 0 amide bonds. The molecular weight excluding hydrogens is 348 g/mol. The number of nitrogens with one attached hydrogen (secondary N) is 1. The van der Waals surface area contributed by atoms with Crippen molar-refractivity contribution >= 4 is 22.8 Å². The van der Waals surface area contributed by atoms with Crippen molar-refractivity contribution in [1.29, 1.82) is 5.41 Å². The fraction of sp³-hybridized carbons (Fsp3) is 0.333. The Hall–Kier alpha value is -2.26. The van der Waals surface area contributed by atoms with E-state index < -0.39 is 0 Å². The molecule has 0 unspecified atom stereocenters. The first-order valence-corrected chi connectivity index (χ1v) is 9.78. The first kappa shape index (κ1) is 24.7. The highest BCUT2D eigenvalue weighted by molar-refractivity contribution is 7.81. The summed E-state index contributed by atoms with van der Waals surface area (Å²) in [7, 11) is 0. The van der Waals surface area contributed by atoms with Crippen molar-refractivity contribution in [2.24, 2.45) is 11.7 Å². The normalized spacial score (nSPS) is 12.4. The van der Waals surface area contributed by atoms with Gasteiger partial charge >= 0.3 is 0 Å². The third-order valence-electron chi connectivity index (χ3n) is 3.98. The summed E-state index contributed by atoms with van der Waals surface area (Å²) in [5, 5.41) is 7.63. The van der Waals surface area contributed by atoms with Crippen LogP contribution in [0.15, 0.2) is 72.0 Å². The topological polar surface area (TPSA) is 49.9 Å². The van der Waals surface area contributed by atoms with E-state index in [9.17, 15) is 0 Å². The first-order valence-electron chi connectivity index (χ1n) is 9.37. The lowest BCUT2D eigenvalue weighted by Crippen LogP contribution is -2.06. The predicted molar refractivity (Wildman–Crippen MR) is 126 cm³/mol. The van der Waals surface area contributed by atoms with Gasteiger partial charge in [-0.3, -0.25) is 0 Å². The van der Waals surface area contributed by atoms with Gasteiger partial charge in [0.05, 0.1) is 0 Å². The molecule has 3 N–H and O–H groups in total. The van der Waals surface area contributed by atoms with E-state index in [1.807, 2.05) is 68.5 Å². The molecule has 0 saturated carbocycles. The largest absolute Gasteiger partial charge is 0.398 e. The van der Waals surface area contributed by atoms with Gasteiger partial charge in [-0.1, -0.05) is 88.0 Å². The van der Waals surface area contributed by atoms with Gasteiger partial charge in [0.2, 0.25) is 0 Å². The molecule has 1 aromatic rings. The minimum atomic E-state index is 0.459. The zero-order valence-electron chi connectivity index (χ0n) is 17.5. The van der Waals surface area contributed by atoms with Crippen LogP contribution in [0.1, 0.15) is 52.2 Å². The summed E-state index contributed by atoms with van der Waals surface area (Å²) in [5.41, 5.74) is 9.98. The molecule has 0 radical (unpaired) electrons. The van der Waals surface area contributed by atoms with Gasteiger partial charge in [0.15, 0.2) is 0 Å². The molecule has 0 bridgehead atoms. The second-order valence-corrected chi connectivity index (χ2v) is 7.11. The quantitative estimate of drug-likeness (QED) is 0.181. The summed E-state index contributed by atoms with van der Waals surface area (Å²) in [4.78, 5) is 0.809. The van der Waals surface area contributed by atoms with Crippen LogP contribution in [0, 0.1) is 18.3 Å². The number of benzene rings is 1. The molecule has 0 saturated heterocycles. The smallest absolute Gasteiger partial charge is 0.0452 e. The van der Waals surface area contributed by atoms with Crippen LogP contribution >= 0.6 is 12.2 Å². The van der Waals surface area contributed by atoms with E-state index in [4.69, 9.17) is 23.4 Å². The Labute approximate surface area is 171 Å². The minimum Gasteiger partial charge on any atom is -0.398 e. The Morgan fingerprint density at radius 2 is 1.78 bits per heavy atom. The Kier molecular flexibility index (Phi) is 12.7. The number of thiocarbonyl (C=S) groups is 1. The maximum Gasteiger partial charge on any atom is 0.0452 e. The van der Waals surface area contributed by atoms with Crippen LogP contribution in [0.2, 0.25) is 0 Å². The minimum absolute atomic E-state index is 0.459. The number of rotatable bonds is 7. The fourth-order valence-electron chi connectivity index (χ4n) is 1.99. The van der Waals surface area contributed by atoms with Crippen molar-refractivity contribution in [2.75, 3.05) is 0 Å². The molecule has 3 heteroatoms. The van der Waals surface area contributed by atoms with Crippen molar-refractivity contribution in [2.45, 2.75) is 48.0 Å². The first-order chi connectivity index (χ1) is 12.7. The predicted octanol–water partition coefficient (Wildman–Crippen LogP) is 6.71. The zero-order valence-corrected chi connectivity index (χ0v) is 18.4. The van der Waals surface area contributed by atoms with Crippen molar-refractivity contribution in [1.82, 2.24) is 0 Å². The van der Waals surface area contributed by atoms with Gasteiger partial charge < -0.3 is 11.1 Å². The third-order valence-corrected chi connectivity index (χ3v) is 4.33. The lowest BCUT2D eigenvalue weighted by molar-refractivity contribution is 0.626. The molecule has 0 aliphatic heterocycles. The van der Waals surface area contributed by atoms with E-state index >= 15 is 0 Å². The summed E-state index contributed by atoms with van der Waals surface area (Å²) in [6.45, 7) is 12.3. The van der Waals surface area contributed by atoms with Gasteiger partial charge in [-0.05, 0) is 50.0 Å². The van der Waals surface area contributed by atoms with Gasteiger partial charge in [0, 0.05) is 21.8 Å². The summed E-state index contributed by atoms with van der Waals surface area (Å²) in [6.07, 6.45) is 12.4. The van der Waals surface area contributed by atoms with Crippen molar-refractivity contribution in [3.05, 3.63) is 83.1 Å². The SMILES string of the molecule is CCC(C)C.C\C=C(C(C)=N)/C(N)=C\C=C\C=C\C(=S)c1ccccc1C. The van der Waals surface area contributed by atoms with E-state index in [1.54, 1.807) is 13.0 Å². The summed E-state index contributed by atoms with van der Waals surface area (Å²) in [6, 6.07) is 8.06. The highest BCUT2D eigenvalue weighted by Crippen LogP contribution is 2.10. The molecule has 0 spiro atoms. The van der Waals surface area contributed by atoms with Crippen molar-refractivity contribution in [3.63, 3.8) is 0 Å². The van der Waals surface area contributed by atoms with Gasteiger partial charge in [-0.2, -0.15) is 0 Å². The molecule has 0 aliphatic carbocycles. The van der Waals surface area contributed by atoms with E-state index in [0.29, 0.717) is 11.4 Å². The Morgan fingerprint density at radius 3 is 2.26 bits per heavy atom. The molecule has 1 aromatic carbocycles. The van der Waals surface area contributed by atoms with E-state index in [1.165, 1.54) is 12.0 Å².